The number of aromatic nitrogens is 2. The van der Waals surface area contributed by atoms with Gasteiger partial charge in [-0.15, -0.1) is 5.10 Å². The highest BCUT2D eigenvalue weighted by molar-refractivity contribution is 7.80. The number of hydrogen-bond acceptors (Lipinski definition) is 6. The Bertz CT molecular complexity index is 412. The highest BCUT2D eigenvalue weighted by Crippen LogP contribution is 2.08. The zero-order valence-electron chi connectivity index (χ0n) is 9.05. The van der Waals surface area contributed by atoms with E-state index in [1.165, 1.54) is 6.20 Å². The van der Waals surface area contributed by atoms with Crippen LogP contribution in [-0.2, 0) is 9.53 Å². The summed E-state index contributed by atoms with van der Waals surface area (Å²) in [6.45, 7) is 0.655. The van der Waals surface area contributed by atoms with Crippen LogP contribution in [0.3, 0.4) is 0 Å². The summed E-state index contributed by atoms with van der Waals surface area (Å²) in [5.74, 6) is -0.0176. The SMILES string of the molecule is NC(=O)COCCNc1nnccc1C(N)=S. The number of nitrogens with two attached hydrogens (primary N) is 2. The monoisotopic (exact) mass is 255 g/mol. The zero-order chi connectivity index (χ0) is 12.7. The van der Waals surface area contributed by atoms with Gasteiger partial charge in [-0.3, -0.25) is 4.79 Å². The van der Waals surface area contributed by atoms with Crippen molar-refractivity contribution in [2.45, 2.75) is 0 Å². The maximum Gasteiger partial charge on any atom is 0.243 e. The average molecular weight is 255 g/mol. The van der Waals surface area contributed by atoms with Crippen molar-refractivity contribution in [2.24, 2.45) is 11.5 Å². The Labute approximate surface area is 104 Å². The van der Waals surface area contributed by atoms with Crippen LogP contribution in [0.4, 0.5) is 5.82 Å². The Balaban J connectivity index is 2.41. The van der Waals surface area contributed by atoms with Gasteiger partial charge in [-0.05, 0) is 6.07 Å². The number of nitrogens with one attached hydrogen (secondary N) is 1. The number of carbonyl (C=O) groups is 1. The molecule has 92 valence electrons. The minimum absolute atomic E-state index is 0.107. The predicted octanol–water partition coefficient (Wildman–Crippen LogP) is -0.975. The maximum absolute atomic E-state index is 10.4. The third kappa shape index (κ3) is 4.70. The molecular weight excluding hydrogens is 242 g/mol. The van der Waals surface area contributed by atoms with Crippen molar-refractivity contribution in [2.75, 3.05) is 25.1 Å². The molecule has 1 heterocycles. The third-order valence-electron chi connectivity index (χ3n) is 1.77. The maximum atomic E-state index is 10.4. The summed E-state index contributed by atoms with van der Waals surface area (Å²) in [6, 6.07) is 1.67. The Morgan fingerprint density at radius 3 is 2.94 bits per heavy atom. The summed E-state index contributed by atoms with van der Waals surface area (Å²) in [4.78, 5) is 10.6. The van der Waals surface area contributed by atoms with E-state index in [0.717, 1.165) is 0 Å². The molecule has 7 nitrogen and oxygen atoms in total. The van der Waals surface area contributed by atoms with Crippen LogP contribution in [0, 0.1) is 0 Å². The van der Waals surface area contributed by atoms with Gasteiger partial charge >= 0.3 is 0 Å². The fourth-order valence-corrected chi connectivity index (χ4v) is 1.24. The molecule has 8 heteroatoms. The topological polar surface area (TPSA) is 116 Å². The van der Waals surface area contributed by atoms with Gasteiger partial charge in [-0.1, -0.05) is 12.2 Å². The number of thiocarbonyl (C=S) groups is 1. The molecule has 0 aliphatic rings. The van der Waals surface area contributed by atoms with E-state index >= 15 is 0 Å². The van der Waals surface area contributed by atoms with E-state index in [-0.39, 0.29) is 11.6 Å². The van der Waals surface area contributed by atoms with Gasteiger partial charge in [0, 0.05) is 6.54 Å². The fourth-order valence-electron chi connectivity index (χ4n) is 1.08. The first-order valence-corrected chi connectivity index (χ1v) is 5.23. The van der Waals surface area contributed by atoms with Crippen LogP contribution < -0.4 is 16.8 Å². The fraction of sp³-hybridized carbons (Fsp3) is 0.333. The molecule has 0 aromatic carbocycles. The second-order valence-electron chi connectivity index (χ2n) is 3.10. The van der Waals surface area contributed by atoms with Crippen molar-refractivity contribution in [1.82, 2.24) is 10.2 Å². The lowest BCUT2D eigenvalue weighted by Crippen LogP contribution is -2.21. The molecule has 0 saturated carbocycles. The van der Waals surface area contributed by atoms with Gasteiger partial charge in [0.05, 0.1) is 18.4 Å². The first kappa shape index (κ1) is 13.3. The van der Waals surface area contributed by atoms with Gasteiger partial charge in [0.1, 0.15) is 11.6 Å². The first-order valence-electron chi connectivity index (χ1n) is 4.82. The molecule has 0 fully saturated rings. The largest absolute Gasteiger partial charge is 0.389 e. The molecule has 5 N–H and O–H groups in total. The highest BCUT2D eigenvalue weighted by Gasteiger charge is 2.05. The third-order valence-corrected chi connectivity index (χ3v) is 1.99. The van der Waals surface area contributed by atoms with Gasteiger partial charge in [-0.25, -0.2) is 0 Å². The number of ether oxygens (including phenoxy) is 1. The molecule has 1 aromatic rings. The summed E-state index contributed by atoms with van der Waals surface area (Å²) in [6.07, 6.45) is 1.50. The summed E-state index contributed by atoms with van der Waals surface area (Å²) in [5, 5.41) is 10.5. The Kier molecular flexibility index (Phi) is 5.24. The van der Waals surface area contributed by atoms with E-state index in [4.69, 9.17) is 28.4 Å². The highest BCUT2D eigenvalue weighted by atomic mass is 32.1. The number of nitrogens with zero attached hydrogens (tertiary/aromatic N) is 2. The molecule has 0 aliphatic heterocycles. The Morgan fingerprint density at radius 1 is 1.53 bits per heavy atom. The zero-order valence-corrected chi connectivity index (χ0v) is 9.87. The molecule has 0 aliphatic carbocycles. The van der Waals surface area contributed by atoms with Gasteiger partial charge in [0.2, 0.25) is 5.91 Å². The standard InChI is InChI=1S/C9H13N5O2S/c10-7(15)5-16-4-3-12-9-6(8(11)17)1-2-13-14-9/h1-2H,3-5H2,(H2,10,15)(H2,11,17)(H,12,14). The Morgan fingerprint density at radius 2 is 2.29 bits per heavy atom. The molecule has 1 amide bonds. The summed E-state index contributed by atoms with van der Waals surface area (Å²) < 4.78 is 4.97. The Hall–Kier alpha value is -1.80. The molecule has 0 saturated heterocycles. The predicted molar refractivity (Wildman–Crippen MR) is 66.4 cm³/mol. The summed E-state index contributed by atoms with van der Waals surface area (Å²) >= 11 is 4.86. The molecular formula is C9H13N5O2S. The number of anilines is 1. The second kappa shape index (κ2) is 6.71. The van der Waals surface area contributed by atoms with Crippen LogP contribution in [0.5, 0.6) is 0 Å². The molecule has 0 unspecified atom stereocenters. The average Bonchev–Trinajstić information content (AvgIpc) is 2.28. The van der Waals surface area contributed by atoms with Crippen molar-refractivity contribution >= 4 is 28.9 Å². The van der Waals surface area contributed by atoms with Crippen LogP contribution in [0.1, 0.15) is 5.56 Å². The first-order chi connectivity index (χ1) is 8.11. The van der Waals surface area contributed by atoms with Gasteiger partial charge in [0.15, 0.2) is 5.82 Å². The van der Waals surface area contributed by atoms with E-state index in [2.05, 4.69) is 15.5 Å². The molecule has 1 aromatic heterocycles. The lowest BCUT2D eigenvalue weighted by molar-refractivity contribution is -0.122. The minimum Gasteiger partial charge on any atom is -0.389 e. The molecule has 17 heavy (non-hydrogen) atoms. The van der Waals surface area contributed by atoms with E-state index in [9.17, 15) is 4.79 Å². The summed E-state index contributed by atoms with van der Waals surface area (Å²) in [5.41, 5.74) is 11.0. The lowest BCUT2D eigenvalue weighted by Gasteiger charge is -2.08. The number of rotatable bonds is 7. The van der Waals surface area contributed by atoms with Crippen molar-refractivity contribution in [3.63, 3.8) is 0 Å². The number of primary amides is 1. The summed E-state index contributed by atoms with van der Waals surface area (Å²) in [7, 11) is 0. The number of amides is 1. The van der Waals surface area contributed by atoms with Crippen molar-refractivity contribution in [3.05, 3.63) is 17.8 Å². The van der Waals surface area contributed by atoms with Gasteiger partial charge in [-0.2, -0.15) is 5.10 Å². The van der Waals surface area contributed by atoms with Crippen LogP contribution in [0.25, 0.3) is 0 Å². The van der Waals surface area contributed by atoms with Gasteiger partial charge in [0.25, 0.3) is 0 Å². The molecule has 0 atom stereocenters. The molecule has 1 rings (SSSR count). The normalized spacial score (nSPS) is 9.88. The quantitative estimate of drug-likeness (QED) is 0.423. The molecule has 0 radical (unpaired) electrons. The minimum atomic E-state index is -0.506. The van der Waals surface area contributed by atoms with E-state index in [1.54, 1.807) is 6.07 Å². The second-order valence-corrected chi connectivity index (χ2v) is 3.54. The van der Waals surface area contributed by atoms with Crippen LogP contribution >= 0.6 is 12.2 Å². The van der Waals surface area contributed by atoms with E-state index in [1.807, 2.05) is 0 Å². The van der Waals surface area contributed by atoms with Crippen molar-refractivity contribution in [1.29, 1.82) is 0 Å². The van der Waals surface area contributed by atoms with Crippen LogP contribution in [-0.4, -0.2) is 40.9 Å². The van der Waals surface area contributed by atoms with Crippen molar-refractivity contribution < 1.29 is 9.53 Å². The van der Waals surface area contributed by atoms with Gasteiger partial charge < -0.3 is 21.5 Å². The lowest BCUT2D eigenvalue weighted by atomic mass is 10.3. The van der Waals surface area contributed by atoms with Crippen LogP contribution in [0.2, 0.25) is 0 Å². The number of carbonyl (C=O) groups excluding carboxylic acids is 1. The van der Waals surface area contributed by atoms with E-state index < -0.39 is 5.91 Å². The molecule has 0 spiro atoms. The van der Waals surface area contributed by atoms with E-state index in [0.29, 0.717) is 24.5 Å². The number of hydrogen-bond donors (Lipinski definition) is 3. The smallest absolute Gasteiger partial charge is 0.243 e. The van der Waals surface area contributed by atoms with Crippen molar-refractivity contribution in [3.8, 4) is 0 Å². The molecule has 0 bridgehead atoms. The van der Waals surface area contributed by atoms with Crippen LogP contribution in [0.15, 0.2) is 12.3 Å².